The molecule has 1 saturated heterocycles. The second kappa shape index (κ2) is 7.05. The Morgan fingerprint density at radius 3 is 2.71 bits per heavy atom. The average Bonchev–Trinajstić information content (AvgIpc) is 3.52. The highest BCUT2D eigenvalue weighted by Crippen LogP contribution is 2.44. The summed E-state index contributed by atoms with van der Waals surface area (Å²) in [6.45, 7) is 2.32. The summed E-state index contributed by atoms with van der Waals surface area (Å²) in [5.41, 5.74) is 0. The third-order valence-electron chi connectivity index (χ3n) is 5.44. The maximum absolute atomic E-state index is 12.3. The molecule has 130 valence electrons. The van der Waals surface area contributed by atoms with E-state index in [9.17, 15) is 4.79 Å². The van der Waals surface area contributed by atoms with Crippen LogP contribution in [0.3, 0.4) is 0 Å². The van der Waals surface area contributed by atoms with Crippen molar-refractivity contribution in [2.45, 2.75) is 50.6 Å². The first-order valence-electron chi connectivity index (χ1n) is 9.35. The molecule has 3 fully saturated rings. The number of carbonyl (C=O) groups is 1. The summed E-state index contributed by atoms with van der Waals surface area (Å²) in [5, 5.41) is 14.9. The molecule has 3 aliphatic rings. The van der Waals surface area contributed by atoms with Crippen molar-refractivity contribution in [2.75, 3.05) is 24.5 Å². The number of rotatable bonds is 7. The standard InChI is InChI=1S/C18H27N5O/c24-17(21-18(13-5-6-13)14-7-8-14)11-19-15-3-2-10-23(12-15)16-4-1-9-20-22-16/h1,4,9,13-15,18-19H,2-3,5-8,10-12H2,(H,21,24). The molecule has 1 aliphatic heterocycles. The Bertz CT molecular complexity index is 546. The first-order chi connectivity index (χ1) is 11.8. The number of hydrogen-bond donors (Lipinski definition) is 2. The van der Waals surface area contributed by atoms with E-state index in [0.29, 0.717) is 18.6 Å². The van der Waals surface area contributed by atoms with Crippen molar-refractivity contribution in [3.8, 4) is 0 Å². The third-order valence-corrected chi connectivity index (χ3v) is 5.44. The van der Waals surface area contributed by atoms with Crippen molar-refractivity contribution in [2.24, 2.45) is 11.8 Å². The van der Waals surface area contributed by atoms with E-state index in [2.05, 4.69) is 25.7 Å². The van der Waals surface area contributed by atoms with E-state index >= 15 is 0 Å². The first-order valence-corrected chi connectivity index (χ1v) is 9.35. The van der Waals surface area contributed by atoms with Crippen LogP contribution in [0.2, 0.25) is 0 Å². The molecule has 0 radical (unpaired) electrons. The van der Waals surface area contributed by atoms with Gasteiger partial charge in [0, 0.05) is 31.4 Å². The predicted octanol–water partition coefficient (Wildman–Crippen LogP) is 1.34. The van der Waals surface area contributed by atoms with Gasteiger partial charge in [-0.3, -0.25) is 4.79 Å². The van der Waals surface area contributed by atoms with Crippen LogP contribution in [-0.4, -0.2) is 47.8 Å². The molecule has 1 aromatic heterocycles. The van der Waals surface area contributed by atoms with Gasteiger partial charge in [0.05, 0.1) is 6.54 Å². The van der Waals surface area contributed by atoms with Crippen LogP contribution in [0.1, 0.15) is 38.5 Å². The van der Waals surface area contributed by atoms with Gasteiger partial charge in [0.15, 0.2) is 5.82 Å². The number of nitrogens with zero attached hydrogens (tertiary/aromatic N) is 3. The summed E-state index contributed by atoms with van der Waals surface area (Å²) in [6.07, 6.45) is 9.11. The molecule has 1 amide bonds. The fourth-order valence-corrected chi connectivity index (χ4v) is 3.82. The molecule has 1 atom stereocenters. The number of aromatic nitrogens is 2. The molecule has 6 nitrogen and oxygen atoms in total. The molecule has 2 N–H and O–H groups in total. The summed E-state index contributed by atoms with van der Waals surface area (Å²) in [5.74, 6) is 2.60. The van der Waals surface area contributed by atoms with Gasteiger partial charge in [-0.15, -0.1) is 5.10 Å². The highest BCUT2D eigenvalue weighted by atomic mass is 16.2. The van der Waals surface area contributed by atoms with Gasteiger partial charge in [-0.05, 0) is 62.5 Å². The first kappa shape index (κ1) is 15.8. The molecule has 0 aromatic carbocycles. The molecule has 0 spiro atoms. The molecule has 24 heavy (non-hydrogen) atoms. The highest BCUT2D eigenvalue weighted by Gasteiger charge is 2.42. The second-order valence-electron chi connectivity index (χ2n) is 7.52. The van der Waals surface area contributed by atoms with Gasteiger partial charge < -0.3 is 15.5 Å². The van der Waals surface area contributed by atoms with E-state index in [1.54, 1.807) is 6.20 Å². The van der Waals surface area contributed by atoms with E-state index in [0.717, 1.165) is 43.6 Å². The molecule has 0 bridgehead atoms. The Hall–Kier alpha value is -1.69. The zero-order valence-corrected chi connectivity index (χ0v) is 14.2. The number of amides is 1. The second-order valence-corrected chi connectivity index (χ2v) is 7.52. The van der Waals surface area contributed by atoms with E-state index in [4.69, 9.17) is 0 Å². The molecular weight excluding hydrogens is 302 g/mol. The predicted molar refractivity (Wildman–Crippen MR) is 92.6 cm³/mol. The van der Waals surface area contributed by atoms with Crippen LogP contribution in [0.5, 0.6) is 0 Å². The quantitative estimate of drug-likeness (QED) is 0.790. The summed E-state index contributed by atoms with van der Waals surface area (Å²) >= 11 is 0. The highest BCUT2D eigenvalue weighted by molar-refractivity contribution is 5.78. The fraction of sp³-hybridized carbons (Fsp3) is 0.722. The molecule has 2 saturated carbocycles. The molecular formula is C18H27N5O. The maximum atomic E-state index is 12.3. The number of carbonyl (C=O) groups excluding carboxylic acids is 1. The Balaban J connectivity index is 1.24. The van der Waals surface area contributed by atoms with Crippen LogP contribution in [-0.2, 0) is 4.79 Å². The Labute approximate surface area is 143 Å². The third kappa shape index (κ3) is 4.04. The number of hydrogen-bond acceptors (Lipinski definition) is 5. The minimum Gasteiger partial charge on any atom is -0.354 e. The summed E-state index contributed by atoms with van der Waals surface area (Å²) in [4.78, 5) is 14.6. The molecule has 1 aromatic rings. The molecule has 1 unspecified atom stereocenters. The van der Waals surface area contributed by atoms with E-state index < -0.39 is 0 Å². The summed E-state index contributed by atoms with van der Waals surface area (Å²) < 4.78 is 0. The van der Waals surface area contributed by atoms with Gasteiger partial charge in [-0.2, -0.15) is 5.10 Å². The molecule has 2 aliphatic carbocycles. The van der Waals surface area contributed by atoms with Crippen LogP contribution in [0, 0.1) is 11.8 Å². The minimum absolute atomic E-state index is 0.162. The number of nitrogens with one attached hydrogen (secondary N) is 2. The Morgan fingerprint density at radius 1 is 1.25 bits per heavy atom. The van der Waals surface area contributed by atoms with Crippen molar-refractivity contribution in [1.82, 2.24) is 20.8 Å². The monoisotopic (exact) mass is 329 g/mol. The Kier molecular flexibility index (Phi) is 4.65. The van der Waals surface area contributed by atoms with Gasteiger partial charge in [0.25, 0.3) is 0 Å². The van der Waals surface area contributed by atoms with E-state index in [1.807, 2.05) is 12.1 Å². The number of anilines is 1. The topological polar surface area (TPSA) is 70.2 Å². The van der Waals surface area contributed by atoms with Crippen molar-refractivity contribution in [1.29, 1.82) is 0 Å². The van der Waals surface area contributed by atoms with Gasteiger partial charge in [-0.1, -0.05) is 0 Å². The molecule has 2 heterocycles. The lowest BCUT2D eigenvalue weighted by Crippen LogP contribution is -2.50. The molecule has 4 rings (SSSR count). The van der Waals surface area contributed by atoms with Crippen molar-refractivity contribution in [3.05, 3.63) is 18.3 Å². The van der Waals surface area contributed by atoms with Gasteiger partial charge in [0.1, 0.15) is 0 Å². The van der Waals surface area contributed by atoms with Crippen molar-refractivity contribution < 1.29 is 4.79 Å². The van der Waals surface area contributed by atoms with E-state index in [1.165, 1.54) is 25.7 Å². The lowest BCUT2D eigenvalue weighted by Gasteiger charge is -2.33. The fourth-order valence-electron chi connectivity index (χ4n) is 3.82. The zero-order chi connectivity index (χ0) is 16.4. The Morgan fingerprint density at radius 2 is 2.04 bits per heavy atom. The lowest BCUT2D eigenvalue weighted by molar-refractivity contribution is -0.121. The zero-order valence-electron chi connectivity index (χ0n) is 14.2. The van der Waals surface area contributed by atoms with Crippen molar-refractivity contribution >= 4 is 11.7 Å². The average molecular weight is 329 g/mol. The minimum atomic E-state index is 0.162. The lowest BCUT2D eigenvalue weighted by atomic mass is 10.1. The van der Waals surface area contributed by atoms with Gasteiger partial charge in [0.2, 0.25) is 5.91 Å². The van der Waals surface area contributed by atoms with Crippen LogP contribution in [0.4, 0.5) is 5.82 Å². The summed E-state index contributed by atoms with van der Waals surface area (Å²) in [7, 11) is 0. The van der Waals surface area contributed by atoms with Crippen LogP contribution < -0.4 is 15.5 Å². The van der Waals surface area contributed by atoms with Crippen LogP contribution in [0.25, 0.3) is 0 Å². The maximum Gasteiger partial charge on any atom is 0.234 e. The van der Waals surface area contributed by atoms with Gasteiger partial charge >= 0.3 is 0 Å². The summed E-state index contributed by atoms with van der Waals surface area (Å²) in [6, 6.07) is 4.70. The normalized spacial score (nSPS) is 24.2. The van der Waals surface area contributed by atoms with Crippen LogP contribution >= 0.6 is 0 Å². The smallest absolute Gasteiger partial charge is 0.234 e. The number of piperidine rings is 1. The van der Waals surface area contributed by atoms with Crippen LogP contribution in [0.15, 0.2) is 18.3 Å². The molecule has 6 heteroatoms. The van der Waals surface area contributed by atoms with Crippen molar-refractivity contribution in [3.63, 3.8) is 0 Å². The van der Waals surface area contributed by atoms with Gasteiger partial charge in [-0.25, -0.2) is 0 Å². The van der Waals surface area contributed by atoms with E-state index in [-0.39, 0.29) is 5.91 Å². The SMILES string of the molecule is O=C(CNC1CCCN(c2cccnn2)C1)NC(C1CC1)C1CC1. The largest absolute Gasteiger partial charge is 0.354 e.